The van der Waals surface area contributed by atoms with E-state index in [4.69, 9.17) is 4.74 Å². The molecule has 17 heavy (non-hydrogen) atoms. The lowest BCUT2D eigenvalue weighted by atomic mass is 10.1. The summed E-state index contributed by atoms with van der Waals surface area (Å²) >= 11 is 0. The fraction of sp³-hybridized carbons (Fsp3) is 0.923. The quantitative estimate of drug-likeness (QED) is 0.642. The molecule has 0 spiro atoms. The molecule has 2 unspecified atom stereocenters. The molecular formula is C13H27NO3. The second-order valence-electron chi connectivity index (χ2n) is 4.48. The number of methoxy groups -OCH3 is 1. The molecule has 1 N–H and O–H groups in total. The SMILES string of the molecule is CCCCC(C(=O)O)N(CCOC)C(C)CC. The Labute approximate surface area is 105 Å². The molecule has 0 bridgehead atoms. The highest BCUT2D eigenvalue weighted by atomic mass is 16.5. The maximum Gasteiger partial charge on any atom is 0.320 e. The van der Waals surface area contributed by atoms with Gasteiger partial charge in [-0.1, -0.05) is 26.7 Å². The van der Waals surface area contributed by atoms with Crippen molar-refractivity contribution in [1.82, 2.24) is 4.90 Å². The monoisotopic (exact) mass is 245 g/mol. The first-order valence-electron chi connectivity index (χ1n) is 6.55. The number of ether oxygens (including phenoxy) is 1. The van der Waals surface area contributed by atoms with Crippen LogP contribution >= 0.6 is 0 Å². The van der Waals surface area contributed by atoms with Crippen molar-refractivity contribution in [3.05, 3.63) is 0 Å². The number of hydrogen-bond acceptors (Lipinski definition) is 3. The van der Waals surface area contributed by atoms with E-state index in [9.17, 15) is 9.90 Å². The predicted molar refractivity (Wildman–Crippen MR) is 69.3 cm³/mol. The van der Waals surface area contributed by atoms with E-state index < -0.39 is 5.97 Å². The minimum atomic E-state index is -0.713. The molecule has 0 saturated carbocycles. The van der Waals surface area contributed by atoms with Crippen molar-refractivity contribution in [2.45, 2.75) is 58.5 Å². The molecule has 0 radical (unpaired) electrons. The van der Waals surface area contributed by atoms with Crippen LogP contribution in [0, 0.1) is 0 Å². The van der Waals surface area contributed by atoms with E-state index in [1.54, 1.807) is 7.11 Å². The topological polar surface area (TPSA) is 49.8 Å². The van der Waals surface area contributed by atoms with Gasteiger partial charge in [0.15, 0.2) is 0 Å². The van der Waals surface area contributed by atoms with Gasteiger partial charge in [-0.25, -0.2) is 0 Å². The Hall–Kier alpha value is -0.610. The van der Waals surface area contributed by atoms with Crippen LogP contribution in [0.1, 0.15) is 46.5 Å². The minimum Gasteiger partial charge on any atom is -0.480 e. The first kappa shape index (κ1) is 16.4. The normalized spacial score (nSPS) is 14.9. The fourth-order valence-corrected chi connectivity index (χ4v) is 1.94. The van der Waals surface area contributed by atoms with Crippen molar-refractivity contribution >= 4 is 5.97 Å². The average molecular weight is 245 g/mol. The van der Waals surface area contributed by atoms with E-state index in [-0.39, 0.29) is 12.1 Å². The Morgan fingerprint density at radius 2 is 2.06 bits per heavy atom. The van der Waals surface area contributed by atoms with Crippen LogP contribution in [0.3, 0.4) is 0 Å². The molecule has 102 valence electrons. The van der Waals surface area contributed by atoms with Gasteiger partial charge < -0.3 is 9.84 Å². The van der Waals surface area contributed by atoms with Crippen molar-refractivity contribution in [2.75, 3.05) is 20.3 Å². The molecule has 0 aromatic rings. The zero-order valence-electron chi connectivity index (χ0n) is 11.6. The molecule has 0 aliphatic heterocycles. The predicted octanol–water partition coefficient (Wildman–Crippen LogP) is 2.38. The van der Waals surface area contributed by atoms with Gasteiger partial charge in [0.1, 0.15) is 6.04 Å². The highest BCUT2D eigenvalue weighted by Crippen LogP contribution is 2.14. The van der Waals surface area contributed by atoms with Crippen molar-refractivity contribution in [1.29, 1.82) is 0 Å². The highest BCUT2D eigenvalue weighted by molar-refractivity contribution is 5.73. The third-order valence-corrected chi connectivity index (χ3v) is 3.23. The van der Waals surface area contributed by atoms with E-state index in [1.165, 1.54) is 0 Å². The van der Waals surface area contributed by atoms with Crippen LogP contribution in [0.15, 0.2) is 0 Å². The standard InChI is InChI=1S/C13H27NO3/c1-5-7-8-12(13(15)16)14(9-10-17-4)11(3)6-2/h11-12H,5-10H2,1-4H3,(H,15,16). The average Bonchev–Trinajstić information content (AvgIpc) is 2.32. The summed E-state index contributed by atoms with van der Waals surface area (Å²) in [4.78, 5) is 13.4. The van der Waals surface area contributed by atoms with Crippen LogP contribution in [0.2, 0.25) is 0 Å². The van der Waals surface area contributed by atoms with Crippen LogP contribution in [0.4, 0.5) is 0 Å². The van der Waals surface area contributed by atoms with Gasteiger partial charge in [0, 0.05) is 19.7 Å². The molecule has 4 nitrogen and oxygen atoms in total. The third-order valence-electron chi connectivity index (χ3n) is 3.23. The number of nitrogens with zero attached hydrogens (tertiary/aromatic N) is 1. The van der Waals surface area contributed by atoms with Crippen LogP contribution in [-0.4, -0.2) is 48.3 Å². The Morgan fingerprint density at radius 3 is 2.47 bits per heavy atom. The molecule has 0 aromatic carbocycles. The summed E-state index contributed by atoms with van der Waals surface area (Å²) in [5.74, 6) is -0.713. The smallest absolute Gasteiger partial charge is 0.320 e. The maximum absolute atomic E-state index is 11.3. The molecule has 0 aromatic heterocycles. The van der Waals surface area contributed by atoms with Crippen LogP contribution in [-0.2, 0) is 9.53 Å². The van der Waals surface area contributed by atoms with Gasteiger partial charge in [-0.05, 0) is 19.8 Å². The van der Waals surface area contributed by atoms with Crippen molar-refractivity contribution < 1.29 is 14.6 Å². The second kappa shape index (κ2) is 9.42. The van der Waals surface area contributed by atoms with Crippen molar-refractivity contribution in [3.8, 4) is 0 Å². The Morgan fingerprint density at radius 1 is 1.41 bits per heavy atom. The summed E-state index contributed by atoms with van der Waals surface area (Å²) in [6.45, 7) is 7.52. The number of carboxylic acids is 1. The zero-order chi connectivity index (χ0) is 13.3. The molecule has 0 aliphatic rings. The van der Waals surface area contributed by atoms with E-state index in [2.05, 4.69) is 25.7 Å². The molecule has 0 saturated heterocycles. The number of aliphatic carboxylic acids is 1. The lowest BCUT2D eigenvalue weighted by molar-refractivity contribution is -0.145. The summed E-state index contributed by atoms with van der Waals surface area (Å²) in [5.41, 5.74) is 0. The third kappa shape index (κ3) is 6.03. The van der Waals surface area contributed by atoms with E-state index in [0.29, 0.717) is 13.2 Å². The molecule has 0 aliphatic carbocycles. The first-order chi connectivity index (χ1) is 8.08. The van der Waals surface area contributed by atoms with Gasteiger partial charge in [0.25, 0.3) is 0 Å². The molecule has 2 atom stereocenters. The summed E-state index contributed by atoms with van der Waals surface area (Å²) in [7, 11) is 1.65. The fourth-order valence-electron chi connectivity index (χ4n) is 1.94. The van der Waals surface area contributed by atoms with E-state index in [1.807, 2.05) is 0 Å². The lowest BCUT2D eigenvalue weighted by Crippen LogP contribution is -2.47. The van der Waals surface area contributed by atoms with Crippen LogP contribution in [0.25, 0.3) is 0 Å². The van der Waals surface area contributed by atoms with Crippen molar-refractivity contribution in [2.24, 2.45) is 0 Å². The largest absolute Gasteiger partial charge is 0.480 e. The van der Waals surface area contributed by atoms with E-state index >= 15 is 0 Å². The number of rotatable bonds is 10. The number of carbonyl (C=O) groups is 1. The van der Waals surface area contributed by atoms with Crippen LogP contribution < -0.4 is 0 Å². The number of hydrogen-bond donors (Lipinski definition) is 1. The van der Waals surface area contributed by atoms with Gasteiger partial charge in [0.05, 0.1) is 6.61 Å². The molecule has 4 heteroatoms. The lowest BCUT2D eigenvalue weighted by Gasteiger charge is -2.33. The van der Waals surface area contributed by atoms with Gasteiger partial charge in [-0.3, -0.25) is 9.69 Å². The number of unbranched alkanes of at least 4 members (excludes halogenated alkanes) is 1. The van der Waals surface area contributed by atoms with E-state index in [0.717, 1.165) is 25.7 Å². The van der Waals surface area contributed by atoms with Gasteiger partial charge in [-0.2, -0.15) is 0 Å². The Bertz CT molecular complexity index is 209. The number of carboxylic acid groups (broad SMARTS) is 1. The minimum absolute atomic E-state index is 0.281. The summed E-state index contributed by atoms with van der Waals surface area (Å²) in [5, 5.41) is 9.33. The summed E-state index contributed by atoms with van der Waals surface area (Å²) in [6, 6.07) is -0.0943. The molecular weight excluding hydrogens is 218 g/mol. The second-order valence-corrected chi connectivity index (χ2v) is 4.48. The Kier molecular flexibility index (Phi) is 9.09. The van der Waals surface area contributed by atoms with Gasteiger partial charge in [-0.15, -0.1) is 0 Å². The molecule has 0 fully saturated rings. The molecule has 0 amide bonds. The first-order valence-corrected chi connectivity index (χ1v) is 6.55. The van der Waals surface area contributed by atoms with Gasteiger partial charge in [0.2, 0.25) is 0 Å². The highest BCUT2D eigenvalue weighted by Gasteiger charge is 2.27. The van der Waals surface area contributed by atoms with Crippen molar-refractivity contribution in [3.63, 3.8) is 0 Å². The maximum atomic E-state index is 11.3. The Balaban J connectivity index is 4.60. The van der Waals surface area contributed by atoms with Gasteiger partial charge >= 0.3 is 5.97 Å². The summed E-state index contributed by atoms with van der Waals surface area (Å²) in [6.07, 6.45) is 3.67. The summed E-state index contributed by atoms with van der Waals surface area (Å²) < 4.78 is 5.07. The molecule has 0 heterocycles. The zero-order valence-corrected chi connectivity index (χ0v) is 11.6. The molecule has 0 rings (SSSR count). The van der Waals surface area contributed by atoms with Crippen LogP contribution in [0.5, 0.6) is 0 Å².